The fourth-order valence-electron chi connectivity index (χ4n) is 3.58. The first-order valence-electron chi connectivity index (χ1n) is 9.81. The summed E-state index contributed by atoms with van der Waals surface area (Å²) in [6.07, 6.45) is 1.70. The molecule has 0 aliphatic rings. The van der Waals surface area contributed by atoms with E-state index >= 15 is 0 Å². The molecular weight excluding hydrogens is 372 g/mol. The molecule has 0 radical (unpaired) electrons. The molecule has 4 nitrogen and oxygen atoms in total. The number of hydrogen-bond donors (Lipinski definition) is 1. The fourth-order valence-corrected chi connectivity index (χ4v) is 3.58. The van der Waals surface area contributed by atoms with Crippen LogP contribution in [0.15, 0.2) is 82.2 Å². The van der Waals surface area contributed by atoms with Crippen LogP contribution in [-0.4, -0.2) is 16.3 Å². The van der Waals surface area contributed by atoms with Crippen LogP contribution in [0.4, 0.5) is 5.69 Å². The van der Waals surface area contributed by atoms with Crippen molar-refractivity contribution in [3.63, 3.8) is 0 Å². The van der Waals surface area contributed by atoms with Crippen molar-refractivity contribution in [3.05, 3.63) is 89.5 Å². The Morgan fingerprint density at radius 2 is 1.73 bits per heavy atom. The Morgan fingerprint density at radius 1 is 0.900 bits per heavy atom. The van der Waals surface area contributed by atoms with Gasteiger partial charge >= 0.3 is 0 Å². The standard InChI is InChI=1S/C26H20N2O2/c1-16-12-23-25(13-17(16)2)30-26(28-23)19-7-5-8-20(14-19)27-15-22-21-9-4-3-6-18(21)10-11-24(22)29/h3-15,29H,1-2H3. The maximum atomic E-state index is 10.3. The molecule has 30 heavy (non-hydrogen) atoms. The van der Waals surface area contributed by atoms with Gasteiger partial charge < -0.3 is 9.52 Å². The van der Waals surface area contributed by atoms with E-state index in [9.17, 15) is 5.11 Å². The molecule has 0 aliphatic carbocycles. The SMILES string of the molecule is Cc1cc2nc(-c3cccc(N=Cc4c(O)ccc5ccccc45)c3)oc2cc1C. The van der Waals surface area contributed by atoms with Crippen molar-refractivity contribution in [3.8, 4) is 17.2 Å². The van der Waals surface area contributed by atoms with Crippen LogP contribution in [0.5, 0.6) is 5.75 Å². The molecule has 0 fully saturated rings. The first-order valence-corrected chi connectivity index (χ1v) is 9.81. The molecule has 4 heteroatoms. The van der Waals surface area contributed by atoms with Crippen molar-refractivity contribution < 1.29 is 9.52 Å². The summed E-state index contributed by atoms with van der Waals surface area (Å²) >= 11 is 0. The summed E-state index contributed by atoms with van der Waals surface area (Å²) in [5.41, 5.74) is 6.32. The number of benzene rings is 4. The third kappa shape index (κ3) is 3.22. The minimum atomic E-state index is 0.207. The van der Waals surface area contributed by atoms with Gasteiger partial charge in [-0.15, -0.1) is 0 Å². The summed E-state index contributed by atoms with van der Waals surface area (Å²) in [5.74, 6) is 0.776. The van der Waals surface area contributed by atoms with Crippen molar-refractivity contribution in [1.82, 2.24) is 4.98 Å². The van der Waals surface area contributed by atoms with Gasteiger partial charge in [-0.3, -0.25) is 4.99 Å². The van der Waals surface area contributed by atoms with Crippen LogP contribution < -0.4 is 0 Å². The molecule has 0 spiro atoms. The number of hydrogen-bond acceptors (Lipinski definition) is 4. The van der Waals surface area contributed by atoms with E-state index < -0.39 is 0 Å². The van der Waals surface area contributed by atoms with E-state index in [0.717, 1.165) is 33.1 Å². The zero-order valence-electron chi connectivity index (χ0n) is 16.8. The molecule has 5 aromatic rings. The largest absolute Gasteiger partial charge is 0.507 e. The minimum absolute atomic E-state index is 0.207. The molecule has 0 aliphatic heterocycles. The van der Waals surface area contributed by atoms with Gasteiger partial charge in [-0.1, -0.05) is 36.4 Å². The second kappa shape index (κ2) is 7.16. The lowest BCUT2D eigenvalue weighted by molar-refractivity contribution is 0.475. The van der Waals surface area contributed by atoms with Crippen molar-refractivity contribution >= 4 is 33.8 Å². The summed E-state index contributed by atoms with van der Waals surface area (Å²) in [7, 11) is 0. The molecule has 0 unspecified atom stereocenters. The van der Waals surface area contributed by atoms with Gasteiger partial charge in [0.05, 0.1) is 5.69 Å². The van der Waals surface area contributed by atoms with Gasteiger partial charge in [0.2, 0.25) is 5.89 Å². The molecule has 5 rings (SSSR count). The maximum absolute atomic E-state index is 10.3. The van der Waals surface area contributed by atoms with Crippen LogP contribution in [0.2, 0.25) is 0 Å². The van der Waals surface area contributed by atoms with E-state index in [1.165, 1.54) is 11.1 Å². The van der Waals surface area contributed by atoms with Gasteiger partial charge in [0, 0.05) is 17.3 Å². The summed E-state index contributed by atoms with van der Waals surface area (Å²) in [5, 5.41) is 12.3. The Labute approximate surface area is 174 Å². The van der Waals surface area contributed by atoms with Crippen LogP contribution in [0, 0.1) is 13.8 Å². The van der Waals surface area contributed by atoms with Crippen LogP contribution in [-0.2, 0) is 0 Å². The Hall–Kier alpha value is -3.92. The number of aromatic nitrogens is 1. The molecule has 1 N–H and O–H groups in total. The third-order valence-electron chi connectivity index (χ3n) is 5.39. The number of oxazole rings is 1. The highest BCUT2D eigenvalue weighted by Gasteiger charge is 2.10. The van der Waals surface area contributed by atoms with E-state index in [4.69, 9.17) is 4.42 Å². The molecule has 0 saturated carbocycles. The van der Waals surface area contributed by atoms with Crippen LogP contribution >= 0.6 is 0 Å². The summed E-state index contributed by atoms with van der Waals surface area (Å²) in [6.45, 7) is 4.14. The molecule has 1 aromatic heterocycles. The lowest BCUT2D eigenvalue weighted by atomic mass is 10.0. The molecule has 0 amide bonds. The third-order valence-corrected chi connectivity index (χ3v) is 5.39. The molecular formula is C26H20N2O2. The lowest BCUT2D eigenvalue weighted by Crippen LogP contribution is -1.86. The monoisotopic (exact) mass is 392 g/mol. The number of fused-ring (bicyclic) bond motifs is 2. The molecule has 146 valence electrons. The van der Waals surface area contributed by atoms with Gasteiger partial charge in [-0.25, -0.2) is 4.98 Å². The van der Waals surface area contributed by atoms with Crippen LogP contribution in [0.3, 0.4) is 0 Å². The first kappa shape index (κ1) is 18.1. The number of phenols is 1. The topological polar surface area (TPSA) is 58.6 Å². The van der Waals surface area contributed by atoms with Gasteiger partial charge in [0.1, 0.15) is 11.3 Å². The minimum Gasteiger partial charge on any atom is -0.507 e. The zero-order valence-corrected chi connectivity index (χ0v) is 16.8. The highest BCUT2D eigenvalue weighted by Crippen LogP contribution is 2.30. The van der Waals surface area contributed by atoms with Gasteiger partial charge in [-0.2, -0.15) is 0 Å². The Balaban J connectivity index is 1.53. The van der Waals surface area contributed by atoms with Crippen LogP contribution in [0.25, 0.3) is 33.3 Å². The Morgan fingerprint density at radius 3 is 2.63 bits per heavy atom. The van der Waals surface area contributed by atoms with Crippen LogP contribution in [0.1, 0.15) is 16.7 Å². The van der Waals surface area contributed by atoms with E-state index in [1.807, 2.05) is 66.7 Å². The number of nitrogens with zero attached hydrogens (tertiary/aromatic N) is 2. The van der Waals surface area contributed by atoms with E-state index in [2.05, 4.69) is 23.8 Å². The highest BCUT2D eigenvalue weighted by molar-refractivity contribution is 6.03. The summed E-state index contributed by atoms with van der Waals surface area (Å²) in [4.78, 5) is 9.24. The zero-order chi connectivity index (χ0) is 20.7. The average molecular weight is 392 g/mol. The van der Waals surface area contributed by atoms with Gasteiger partial charge in [0.15, 0.2) is 5.58 Å². The molecule has 4 aromatic carbocycles. The van der Waals surface area contributed by atoms with Crippen molar-refractivity contribution in [2.75, 3.05) is 0 Å². The second-order valence-corrected chi connectivity index (χ2v) is 7.45. The number of aryl methyl sites for hydroxylation is 2. The van der Waals surface area contributed by atoms with Crippen molar-refractivity contribution in [2.45, 2.75) is 13.8 Å². The second-order valence-electron chi connectivity index (χ2n) is 7.45. The normalized spacial score (nSPS) is 11.7. The molecule has 0 bridgehead atoms. The predicted octanol–water partition coefficient (Wildman–Crippen LogP) is 6.72. The molecule has 0 saturated heterocycles. The fraction of sp³-hybridized carbons (Fsp3) is 0.0769. The number of phenolic OH excluding ortho intramolecular Hbond substituents is 1. The molecule has 1 heterocycles. The maximum Gasteiger partial charge on any atom is 0.227 e. The smallest absolute Gasteiger partial charge is 0.227 e. The summed E-state index contributed by atoms with van der Waals surface area (Å²) in [6, 6.07) is 23.3. The average Bonchev–Trinajstić information content (AvgIpc) is 3.16. The quantitative estimate of drug-likeness (QED) is 0.347. The number of rotatable bonds is 3. The predicted molar refractivity (Wildman–Crippen MR) is 122 cm³/mol. The van der Waals surface area contributed by atoms with E-state index in [1.54, 1.807) is 12.3 Å². The molecule has 0 atom stereocenters. The summed E-state index contributed by atoms with van der Waals surface area (Å²) < 4.78 is 5.98. The van der Waals surface area contributed by atoms with Crippen molar-refractivity contribution in [2.24, 2.45) is 4.99 Å². The van der Waals surface area contributed by atoms with Gasteiger partial charge in [-0.05, 0) is 72.1 Å². The lowest BCUT2D eigenvalue weighted by Gasteiger charge is -2.04. The number of aromatic hydroxyl groups is 1. The van der Waals surface area contributed by atoms with E-state index in [0.29, 0.717) is 11.5 Å². The Bertz CT molecular complexity index is 1390. The Kier molecular flexibility index (Phi) is 4.32. The van der Waals surface area contributed by atoms with Gasteiger partial charge in [0.25, 0.3) is 0 Å². The number of aliphatic imine (C=N–C) groups is 1. The van der Waals surface area contributed by atoms with Crippen molar-refractivity contribution in [1.29, 1.82) is 0 Å². The van der Waals surface area contributed by atoms with E-state index in [-0.39, 0.29) is 5.75 Å². The first-order chi connectivity index (χ1) is 14.6. The highest BCUT2D eigenvalue weighted by atomic mass is 16.3.